The summed E-state index contributed by atoms with van der Waals surface area (Å²) in [4.78, 5) is 16.3. The first-order valence-electron chi connectivity index (χ1n) is 10.4. The number of carbonyl (C=O) groups excluding carboxylic acids is 1. The minimum absolute atomic E-state index is 0.143. The molecule has 0 radical (unpaired) electrons. The van der Waals surface area contributed by atoms with Crippen LogP contribution in [-0.2, 0) is 4.79 Å². The van der Waals surface area contributed by atoms with E-state index in [-0.39, 0.29) is 23.2 Å². The first kappa shape index (κ1) is 17.5. The highest BCUT2D eigenvalue weighted by Gasteiger charge is 2.57. The summed E-state index contributed by atoms with van der Waals surface area (Å²) in [5.74, 6) is 0.584. The molecule has 2 aliphatic rings. The zero-order chi connectivity index (χ0) is 19.0. The normalized spacial score (nSPS) is 21.5. The van der Waals surface area contributed by atoms with Crippen LogP contribution in [0.3, 0.4) is 0 Å². The molecule has 4 heteroatoms. The lowest BCUT2D eigenvalue weighted by molar-refractivity contribution is -0.123. The Kier molecular flexibility index (Phi) is 4.44. The minimum Gasteiger partial charge on any atom is -0.361 e. The van der Waals surface area contributed by atoms with Gasteiger partial charge in [-0.15, -0.1) is 0 Å². The Morgan fingerprint density at radius 1 is 1.07 bits per heavy atom. The van der Waals surface area contributed by atoms with Crippen molar-refractivity contribution in [1.29, 1.82) is 0 Å². The van der Waals surface area contributed by atoms with Crippen molar-refractivity contribution in [2.24, 2.45) is 11.3 Å². The second kappa shape index (κ2) is 7.10. The molecule has 2 atom stereocenters. The van der Waals surface area contributed by atoms with Gasteiger partial charge in [-0.1, -0.05) is 48.5 Å². The van der Waals surface area contributed by atoms with Crippen LogP contribution in [0.4, 0.5) is 0 Å². The predicted molar refractivity (Wildman–Crippen MR) is 112 cm³/mol. The molecule has 1 aliphatic heterocycles. The standard InChI is InChI=1S/C24H27N3O/c28-23(21-14-24(21)10-12-25-13-11-24)27-15-19(17-6-2-1-3-7-17)20-16-26-22-9-5-4-8-18(20)22/h1-9,16,19,21,25-26H,10-15H2,(H,27,28). The molecule has 1 spiro atoms. The molecule has 0 bridgehead atoms. The average Bonchev–Trinajstić information content (AvgIpc) is 3.26. The van der Waals surface area contributed by atoms with E-state index >= 15 is 0 Å². The van der Waals surface area contributed by atoms with E-state index in [1.807, 2.05) is 12.1 Å². The van der Waals surface area contributed by atoms with E-state index in [0.717, 1.165) is 37.9 Å². The zero-order valence-corrected chi connectivity index (χ0v) is 16.1. The highest BCUT2D eigenvalue weighted by atomic mass is 16.2. The third-order valence-electron chi connectivity index (χ3n) is 6.78. The number of hydrogen-bond donors (Lipinski definition) is 3. The van der Waals surface area contributed by atoms with Crippen LogP contribution in [0.2, 0.25) is 0 Å². The maximum Gasteiger partial charge on any atom is 0.223 e. The highest BCUT2D eigenvalue weighted by molar-refractivity contribution is 5.85. The van der Waals surface area contributed by atoms with Gasteiger partial charge in [-0.3, -0.25) is 4.79 Å². The van der Waals surface area contributed by atoms with Crippen molar-refractivity contribution in [1.82, 2.24) is 15.6 Å². The molecule has 4 nitrogen and oxygen atoms in total. The smallest absolute Gasteiger partial charge is 0.223 e. The van der Waals surface area contributed by atoms with Crippen molar-refractivity contribution in [3.8, 4) is 0 Å². The molecule has 1 saturated carbocycles. The second-order valence-electron chi connectivity index (χ2n) is 8.37. The number of aromatic nitrogens is 1. The second-order valence-corrected chi connectivity index (χ2v) is 8.37. The van der Waals surface area contributed by atoms with Gasteiger partial charge in [0.2, 0.25) is 5.91 Å². The summed E-state index contributed by atoms with van der Waals surface area (Å²) in [5, 5.41) is 7.94. The Morgan fingerprint density at radius 2 is 1.82 bits per heavy atom. The van der Waals surface area contributed by atoms with Gasteiger partial charge in [0.25, 0.3) is 0 Å². The monoisotopic (exact) mass is 373 g/mol. The number of benzene rings is 2. The van der Waals surface area contributed by atoms with Crippen molar-refractivity contribution in [3.63, 3.8) is 0 Å². The third kappa shape index (κ3) is 3.12. The number of nitrogens with one attached hydrogen (secondary N) is 3. The van der Waals surface area contributed by atoms with Crippen LogP contribution in [0.15, 0.2) is 60.8 Å². The van der Waals surface area contributed by atoms with Crippen molar-refractivity contribution in [3.05, 3.63) is 71.9 Å². The number of hydrogen-bond acceptors (Lipinski definition) is 2. The molecule has 1 aliphatic carbocycles. The SMILES string of the molecule is O=C(NCC(c1ccccc1)c1c[nH]c2ccccc12)C1CC12CCNCC2. The molecule has 2 unspecified atom stereocenters. The molecule has 5 rings (SSSR count). The number of piperidine rings is 1. The lowest BCUT2D eigenvalue weighted by Gasteiger charge is -2.23. The number of aromatic amines is 1. The van der Waals surface area contributed by atoms with Gasteiger partial charge in [0.05, 0.1) is 0 Å². The Hall–Kier alpha value is -2.59. The molecule has 1 aromatic heterocycles. The highest BCUT2D eigenvalue weighted by Crippen LogP contribution is 2.58. The Balaban J connectivity index is 1.37. The molecule has 2 heterocycles. The quantitative estimate of drug-likeness (QED) is 0.637. The average molecular weight is 374 g/mol. The zero-order valence-electron chi connectivity index (χ0n) is 16.1. The van der Waals surface area contributed by atoms with Gasteiger partial charge in [-0.25, -0.2) is 0 Å². The Morgan fingerprint density at radius 3 is 2.64 bits per heavy atom. The van der Waals surface area contributed by atoms with E-state index in [4.69, 9.17) is 0 Å². The number of H-pyrrole nitrogens is 1. The van der Waals surface area contributed by atoms with Crippen molar-refractivity contribution in [2.45, 2.75) is 25.2 Å². The largest absolute Gasteiger partial charge is 0.361 e. The summed E-state index contributed by atoms with van der Waals surface area (Å²) in [7, 11) is 0. The summed E-state index contributed by atoms with van der Waals surface area (Å²) >= 11 is 0. The molecule has 1 saturated heterocycles. The van der Waals surface area contributed by atoms with Gasteiger partial charge in [-0.05, 0) is 55.0 Å². The number of rotatable bonds is 5. The number of para-hydroxylation sites is 1. The van der Waals surface area contributed by atoms with Crippen LogP contribution in [0, 0.1) is 11.3 Å². The van der Waals surface area contributed by atoms with E-state index in [9.17, 15) is 4.79 Å². The van der Waals surface area contributed by atoms with Crippen molar-refractivity contribution >= 4 is 16.8 Å². The van der Waals surface area contributed by atoms with Crippen LogP contribution in [0.5, 0.6) is 0 Å². The molecule has 144 valence electrons. The lowest BCUT2D eigenvalue weighted by atomic mass is 9.90. The van der Waals surface area contributed by atoms with Gasteiger partial charge < -0.3 is 15.6 Å². The minimum atomic E-state index is 0.143. The summed E-state index contributed by atoms with van der Waals surface area (Å²) < 4.78 is 0. The summed E-state index contributed by atoms with van der Waals surface area (Å²) in [6.45, 7) is 2.73. The van der Waals surface area contributed by atoms with Crippen LogP contribution >= 0.6 is 0 Å². The Labute approximate surface area is 165 Å². The lowest BCUT2D eigenvalue weighted by Crippen LogP contribution is -2.35. The van der Waals surface area contributed by atoms with Crippen LogP contribution in [-0.4, -0.2) is 30.5 Å². The fraction of sp³-hybridized carbons (Fsp3) is 0.375. The molecule has 1 amide bonds. The van der Waals surface area contributed by atoms with Gasteiger partial charge >= 0.3 is 0 Å². The maximum atomic E-state index is 12.9. The van der Waals surface area contributed by atoms with E-state index in [0.29, 0.717) is 6.54 Å². The molecule has 3 aromatic rings. The third-order valence-corrected chi connectivity index (χ3v) is 6.78. The molecule has 2 fully saturated rings. The van der Waals surface area contributed by atoms with Gasteiger partial charge in [0.15, 0.2) is 0 Å². The molecular formula is C24H27N3O. The number of carbonyl (C=O) groups is 1. The summed E-state index contributed by atoms with van der Waals surface area (Å²) in [5.41, 5.74) is 3.90. The fourth-order valence-corrected chi connectivity index (χ4v) is 5.00. The molecule has 2 aromatic carbocycles. The predicted octanol–water partition coefficient (Wildman–Crippen LogP) is 3.81. The fourth-order valence-electron chi connectivity index (χ4n) is 5.00. The summed E-state index contributed by atoms with van der Waals surface area (Å²) in [6.07, 6.45) is 5.43. The maximum absolute atomic E-state index is 12.9. The first-order valence-corrected chi connectivity index (χ1v) is 10.4. The number of amides is 1. The van der Waals surface area contributed by atoms with E-state index in [1.165, 1.54) is 16.5 Å². The van der Waals surface area contributed by atoms with Gasteiger partial charge in [0.1, 0.15) is 0 Å². The summed E-state index contributed by atoms with van der Waals surface area (Å²) in [6, 6.07) is 18.9. The van der Waals surface area contributed by atoms with Crippen molar-refractivity contribution < 1.29 is 4.79 Å². The molecular weight excluding hydrogens is 346 g/mol. The van der Waals surface area contributed by atoms with E-state index in [2.05, 4.69) is 64.3 Å². The number of fused-ring (bicyclic) bond motifs is 1. The van der Waals surface area contributed by atoms with Gasteiger partial charge in [-0.2, -0.15) is 0 Å². The van der Waals surface area contributed by atoms with E-state index in [1.54, 1.807) is 0 Å². The van der Waals surface area contributed by atoms with E-state index < -0.39 is 0 Å². The van der Waals surface area contributed by atoms with Crippen LogP contribution in [0.1, 0.15) is 36.3 Å². The molecule has 3 N–H and O–H groups in total. The van der Waals surface area contributed by atoms with Crippen LogP contribution < -0.4 is 10.6 Å². The van der Waals surface area contributed by atoms with Crippen molar-refractivity contribution in [2.75, 3.05) is 19.6 Å². The molecule has 28 heavy (non-hydrogen) atoms. The van der Waals surface area contributed by atoms with Crippen LogP contribution in [0.25, 0.3) is 10.9 Å². The van der Waals surface area contributed by atoms with Gasteiger partial charge in [0, 0.05) is 35.5 Å². The topological polar surface area (TPSA) is 56.9 Å². The Bertz CT molecular complexity index is 972. The first-order chi connectivity index (χ1) is 13.8.